The SMILES string of the molecule is COCCN(CC[C@H](c1ccccc1)c1cc(N)nc2[nH]nnc12)C12CCC(c3ccccc3)(CC1)CC2. The van der Waals surface area contributed by atoms with Crippen LogP contribution in [-0.2, 0) is 10.2 Å². The zero-order valence-corrected chi connectivity index (χ0v) is 22.3. The van der Waals surface area contributed by atoms with E-state index in [0.717, 1.165) is 37.2 Å². The average molecular weight is 511 g/mol. The van der Waals surface area contributed by atoms with Gasteiger partial charge in [0.2, 0.25) is 0 Å². The molecule has 0 unspecified atom stereocenters. The number of benzene rings is 2. The second kappa shape index (κ2) is 10.5. The molecule has 2 aromatic carbocycles. The van der Waals surface area contributed by atoms with Gasteiger partial charge in [0, 0.05) is 25.1 Å². The monoisotopic (exact) mass is 510 g/mol. The van der Waals surface area contributed by atoms with Crippen molar-refractivity contribution < 1.29 is 4.74 Å². The van der Waals surface area contributed by atoms with E-state index < -0.39 is 0 Å². The van der Waals surface area contributed by atoms with E-state index in [2.05, 4.69) is 86.0 Å². The predicted octanol–water partition coefficient (Wildman–Crippen LogP) is 5.45. The number of methoxy groups -OCH3 is 1. The normalized spacial score (nSPS) is 23.7. The number of fused-ring (bicyclic) bond motifs is 4. The number of nitrogens with one attached hydrogen (secondary N) is 1. The van der Waals surface area contributed by atoms with Crippen molar-refractivity contribution in [1.29, 1.82) is 0 Å². The van der Waals surface area contributed by atoms with Gasteiger partial charge in [0.25, 0.3) is 0 Å². The molecule has 3 fully saturated rings. The van der Waals surface area contributed by atoms with Crippen molar-refractivity contribution in [1.82, 2.24) is 25.3 Å². The molecule has 7 heteroatoms. The van der Waals surface area contributed by atoms with Crippen LogP contribution in [-0.4, -0.2) is 57.6 Å². The van der Waals surface area contributed by atoms with E-state index in [4.69, 9.17) is 10.5 Å². The summed E-state index contributed by atoms with van der Waals surface area (Å²) in [7, 11) is 1.81. The minimum absolute atomic E-state index is 0.145. The Hall–Kier alpha value is -3.29. The molecule has 3 aliphatic carbocycles. The lowest BCUT2D eigenvalue weighted by atomic mass is 9.54. The van der Waals surface area contributed by atoms with Crippen LogP contribution in [0.3, 0.4) is 0 Å². The van der Waals surface area contributed by atoms with Crippen LogP contribution in [0.2, 0.25) is 0 Å². The molecule has 7 nitrogen and oxygen atoms in total. The molecule has 2 heterocycles. The molecule has 4 aromatic rings. The predicted molar refractivity (Wildman–Crippen MR) is 151 cm³/mol. The Kier molecular flexibility index (Phi) is 6.89. The number of nitrogens with zero attached hydrogens (tertiary/aromatic N) is 4. The highest BCUT2D eigenvalue weighted by Gasteiger charge is 2.51. The Morgan fingerprint density at radius 1 is 0.947 bits per heavy atom. The fourth-order valence-electron chi connectivity index (χ4n) is 7.27. The molecule has 0 radical (unpaired) electrons. The summed E-state index contributed by atoms with van der Waals surface area (Å²) in [5.74, 6) is 0.636. The number of hydrogen-bond acceptors (Lipinski definition) is 6. The molecule has 1 atom stereocenters. The first-order valence-corrected chi connectivity index (χ1v) is 13.9. The summed E-state index contributed by atoms with van der Waals surface area (Å²) in [6, 6.07) is 23.9. The van der Waals surface area contributed by atoms with Gasteiger partial charge in [0.15, 0.2) is 5.65 Å². The van der Waals surface area contributed by atoms with Gasteiger partial charge in [0.1, 0.15) is 11.3 Å². The summed E-state index contributed by atoms with van der Waals surface area (Å²) in [5, 5.41) is 11.3. The maximum Gasteiger partial charge on any atom is 0.178 e. The van der Waals surface area contributed by atoms with E-state index in [9.17, 15) is 0 Å². The summed E-state index contributed by atoms with van der Waals surface area (Å²) in [6.07, 6.45) is 8.51. The number of hydrogen-bond donors (Lipinski definition) is 2. The quantitative estimate of drug-likeness (QED) is 0.295. The fourth-order valence-corrected chi connectivity index (χ4v) is 7.27. The summed E-state index contributed by atoms with van der Waals surface area (Å²) in [6.45, 7) is 2.69. The standard InChI is InChI=1S/C31H38N6O/c1-38-21-20-37(31-16-13-30(14-17-31,15-18-31)24-10-6-3-7-11-24)19-12-25(23-8-4-2-5-9-23)26-22-27(32)33-29-28(26)34-36-35-29/h2-11,22,25H,12-21H2,1H3,(H3,32,33,34,35,36)/t25-,30?,31?/m1/s1. The van der Waals surface area contributed by atoms with Gasteiger partial charge in [-0.05, 0) is 79.7 Å². The first kappa shape index (κ1) is 25.0. The molecule has 2 aromatic heterocycles. The van der Waals surface area contributed by atoms with Gasteiger partial charge in [-0.15, -0.1) is 5.10 Å². The molecule has 198 valence electrons. The van der Waals surface area contributed by atoms with Gasteiger partial charge >= 0.3 is 0 Å². The number of nitrogen functional groups attached to an aromatic ring is 1. The number of ether oxygens (including phenoxy) is 1. The third-order valence-electron chi connectivity index (χ3n) is 9.44. The molecular formula is C31H38N6O. The fraction of sp³-hybridized carbons (Fsp3) is 0.452. The number of nitrogens with two attached hydrogens (primary N) is 1. The summed E-state index contributed by atoms with van der Waals surface area (Å²) < 4.78 is 5.60. The van der Waals surface area contributed by atoms with Gasteiger partial charge in [0.05, 0.1) is 6.61 Å². The number of pyridine rings is 1. The lowest BCUT2D eigenvalue weighted by Crippen LogP contribution is -2.58. The molecule has 0 amide bonds. The van der Waals surface area contributed by atoms with Gasteiger partial charge in [-0.25, -0.2) is 10.1 Å². The molecule has 2 bridgehead atoms. The van der Waals surface area contributed by atoms with Crippen LogP contribution in [0.4, 0.5) is 5.82 Å². The zero-order chi connectivity index (χ0) is 26.0. The van der Waals surface area contributed by atoms with Crippen LogP contribution >= 0.6 is 0 Å². The highest BCUT2D eigenvalue weighted by molar-refractivity contribution is 5.77. The summed E-state index contributed by atoms with van der Waals surface area (Å²) >= 11 is 0. The minimum atomic E-state index is 0.145. The maximum absolute atomic E-state index is 6.23. The topological polar surface area (TPSA) is 93.0 Å². The van der Waals surface area contributed by atoms with Crippen LogP contribution in [0.15, 0.2) is 66.7 Å². The molecular weight excluding hydrogens is 472 g/mol. The number of H-pyrrole nitrogens is 1. The van der Waals surface area contributed by atoms with E-state index in [0.29, 0.717) is 16.9 Å². The molecule has 7 rings (SSSR count). The number of aromatic nitrogens is 4. The third-order valence-corrected chi connectivity index (χ3v) is 9.44. The van der Waals surface area contributed by atoms with Gasteiger partial charge in [-0.3, -0.25) is 4.90 Å². The highest BCUT2D eigenvalue weighted by atomic mass is 16.5. The van der Waals surface area contributed by atoms with Crippen molar-refractivity contribution in [3.8, 4) is 0 Å². The Morgan fingerprint density at radius 2 is 1.63 bits per heavy atom. The Labute approximate surface area is 224 Å². The van der Waals surface area contributed by atoms with Crippen LogP contribution in [0.25, 0.3) is 11.2 Å². The van der Waals surface area contributed by atoms with E-state index in [1.165, 1.54) is 49.7 Å². The largest absolute Gasteiger partial charge is 0.384 e. The lowest BCUT2D eigenvalue weighted by molar-refractivity contribution is -0.0358. The smallest absolute Gasteiger partial charge is 0.178 e. The number of anilines is 1. The van der Waals surface area contributed by atoms with Crippen molar-refractivity contribution in [2.45, 2.75) is 61.8 Å². The van der Waals surface area contributed by atoms with Crippen LogP contribution in [0.1, 0.15) is 67.6 Å². The van der Waals surface area contributed by atoms with Crippen molar-refractivity contribution >= 4 is 17.0 Å². The molecule has 3 saturated carbocycles. The lowest BCUT2D eigenvalue weighted by Gasteiger charge is -2.58. The third kappa shape index (κ3) is 4.58. The minimum Gasteiger partial charge on any atom is -0.384 e. The van der Waals surface area contributed by atoms with E-state index in [1.807, 2.05) is 13.2 Å². The molecule has 3 N–H and O–H groups in total. The Balaban J connectivity index is 1.27. The molecule has 38 heavy (non-hydrogen) atoms. The van der Waals surface area contributed by atoms with E-state index >= 15 is 0 Å². The summed E-state index contributed by atoms with van der Waals surface area (Å²) in [5.41, 5.74) is 12.2. The van der Waals surface area contributed by atoms with Crippen molar-refractivity contribution in [2.75, 3.05) is 32.5 Å². The highest BCUT2D eigenvalue weighted by Crippen LogP contribution is 2.55. The number of rotatable bonds is 10. The van der Waals surface area contributed by atoms with Crippen LogP contribution in [0.5, 0.6) is 0 Å². The second-order valence-electron chi connectivity index (χ2n) is 11.2. The van der Waals surface area contributed by atoms with Crippen LogP contribution < -0.4 is 5.73 Å². The summed E-state index contributed by atoms with van der Waals surface area (Å²) in [4.78, 5) is 7.17. The van der Waals surface area contributed by atoms with Crippen molar-refractivity contribution in [3.05, 3.63) is 83.4 Å². The zero-order valence-electron chi connectivity index (χ0n) is 22.3. The molecule has 0 spiro atoms. The van der Waals surface area contributed by atoms with E-state index in [-0.39, 0.29) is 11.5 Å². The first-order chi connectivity index (χ1) is 18.6. The molecule has 3 aliphatic rings. The van der Waals surface area contributed by atoms with E-state index in [1.54, 1.807) is 0 Å². The molecule has 0 aliphatic heterocycles. The Morgan fingerprint density at radius 3 is 2.32 bits per heavy atom. The average Bonchev–Trinajstić information content (AvgIpc) is 3.45. The first-order valence-electron chi connectivity index (χ1n) is 13.9. The van der Waals surface area contributed by atoms with Gasteiger partial charge < -0.3 is 10.5 Å². The Bertz CT molecular complexity index is 1330. The van der Waals surface area contributed by atoms with Gasteiger partial charge in [-0.2, -0.15) is 0 Å². The second-order valence-corrected chi connectivity index (χ2v) is 11.2. The van der Waals surface area contributed by atoms with Gasteiger partial charge in [-0.1, -0.05) is 65.9 Å². The van der Waals surface area contributed by atoms with Crippen molar-refractivity contribution in [3.63, 3.8) is 0 Å². The van der Waals surface area contributed by atoms with Crippen molar-refractivity contribution in [2.24, 2.45) is 0 Å². The number of aromatic amines is 1. The molecule has 0 saturated heterocycles. The maximum atomic E-state index is 6.23. The van der Waals surface area contributed by atoms with Crippen LogP contribution in [0, 0.1) is 0 Å².